The van der Waals surface area contributed by atoms with Gasteiger partial charge in [-0.3, -0.25) is 9.59 Å². The molecule has 0 saturated carbocycles. The van der Waals surface area contributed by atoms with Crippen LogP contribution >= 0.6 is 0 Å². The number of hydrogen-bond donors (Lipinski definition) is 2. The maximum atomic E-state index is 12.2. The van der Waals surface area contributed by atoms with Crippen molar-refractivity contribution in [3.05, 3.63) is 0 Å². The highest BCUT2D eigenvalue weighted by atomic mass is 16.2. The van der Waals surface area contributed by atoms with Gasteiger partial charge in [-0.15, -0.1) is 0 Å². The first-order valence-electron chi connectivity index (χ1n) is 7.65. The first-order valence-corrected chi connectivity index (χ1v) is 7.65. The lowest BCUT2D eigenvalue weighted by Crippen LogP contribution is -2.51. The molecule has 0 aromatic rings. The number of amides is 2. The standard InChI is InChI=1S/C15H29N3O2/c1-10(2)13(16)15(20)18-7-5-6-12(9-18)8-17-14(19)11(3)4/h10-13H,5-9,16H2,1-4H3,(H,17,19)/t12?,13-/m0/s1. The first-order chi connectivity index (χ1) is 9.32. The molecule has 0 radical (unpaired) electrons. The Hall–Kier alpha value is -1.10. The molecule has 20 heavy (non-hydrogen) atoms. The summed E-state index contributed by atoms with van der Waals surface area (Å²) in [6.07, 6.45) is 2.04. The van der Waals surface area contributed by atoms with Crippen molar-refractivity contribution in [3.8, 4) is 0 Å². The molecule has 1 rings (SSSR count). The third-order valence-corrected chi connectivity index (χ3v) is 3.92. The number of carbonyl (C=O) groups excluding carboxylic acids is 2. The third kappa shape index (κ3) is 4.78. The van der Waals surface area contributed by atoms with Crippen LogP contribution in [-0.4, -0.2) is 42.4 Å². The van der Waals surface area contributed by atoms with Crippen LogP contribution in [0, 0.1) is 17.8 Å². The van der Waals surface area contributed by atoms with Gasteiger partial charge in [0.15, 0.2) is 0 Å². The van der Waals surface area contributed by atoms with Crippen molar-refractivity contribution in [2.75, 3.05) is 19.6 Å². The van der Waals surface area contributed by atoms with Crippen molar-refractivity contribution in [1.82, 2.24) is 10.2 Å². The quantitative estimate of drug-likeness (QED) is 0.790. The molecule has 0 aromatic carbocycles. The molecule has 1 unspecified atom stereocenters. The van der Waals surface area contributed by atoms with Crippen molar-refractivity contribution in [2.24, 2.45) is 23.5 Å². The smallest absolute Gasteiger partial charge is 0.239 e. The number of piperidine rings is 1. The third-order valence-electron chi connectivity index (χ3n) is 3.92. The number of rotatable bonds is 5. The van der Waals surface area contributed by atoms with Gasteiger partial charge in [0, 0.05) is 25.6 Å². The summed E-state index contributed by atoms with van der Waals surface area (Å²) < 4.78 is 0. The van der Waals surface area contributed by atoms with Gasteiger partial charge < -0.3 is 16.0 Å². The van der Waals surface area contributed by atoms with Gasteiger partial charge in [-0.1, -0.05) is 27.7 Å². The Morgan fingerprint density at radius 2 is 1.95 bits per heavy atom. The molecule has 116 valence electrons. The average molecular weight is 283 g/mol. The minimum atomic E-state index is -0.418. The molecule has 1 fully saturated rings. The van der Waals surface area contributed by atoms with Crippen LogP contribution in [0.15, 0.2) is 0 Å². The van der Waals surface area contributed by atoms with Crippen LogP contribution in [-0.2, 0) is 9.59 Å². The van der Waals surface area contributed by atoms with Crippen molar-refractivity contribution < 1.29 is 9.59 Å². The topological polar surface area (TPSA) is 75.4 Å². The minimum absolute atomic E-state index is 0.00527. The van der Waals surface area contributed by atoms with Crippen LogP contribution < -0.4 is 11.1 Å². The first kappa shape index (κ1) is 17.0. The number of hydrogen-bond acceptors (Lipinski definition) is 3. The fraction of sp³-hybridized carbons (Fsp3) is 0.867. The van der Waals surface area contributed by atoms with Crippen LogP contribution in [0.3, 0.4) is 0 Å². The van der Waals surface area contributed by atoms with Gasteiger partial charge in [-0.05, 0) is 24.7 Å². The van der Waals surface area contributed by atoms with Gasteiger partial charge in [-0.2, -0.15) is 0 Å². The average Bonchev–Trinajstić information content (AvgIpc) is 2.43. The summed E-state index contributed by atoms with van der Waals surface area (Å²) in [7, 11) is 0. The highest BCUT2D eigenvalue weighted by molar-refractivity contribution is 5.82. The predicted octanol–water partition coefficient (Wildman–Crippen LogP) is 0.981. The number of likely N-dealkylation sites (tertiary alicyclic amines) is 1. The van der Waals surface area contributed by atoms with Gasteiger partial charge in [0.1, 0.15) is 0 Å². The van der Waals surface area contributed by atoms with Crippen LogP contribution in [0.1, 0.15) is 40.5 Å². The molecule has 0 bridgehead atoms. The molecule has 5 nitrogen and oxygen atoms in total. The van der Waals surface area contributed by atoms with Crippen LogP contribution in [0.5, 0.6) is 0 Å². The molecule has 2 amide bonds. The zero-order valence-corrected chi connectivity index (χ0v) is 13.2. The molecule has 1 aliphatic heterocycles. The normalized spacial score (nSPS) is 21.1. The Morgan fingerprint density at radius 3 is 2.50 bits per heavy atom. The lowest BCUT2D eigenvalue weighted by molar-refractivity contribution is -0.135. The number of nitrogens with zero attached hydrogens (tertiary/aromatic N) is 1. The molecule has 0 aromatic heterocycles. The van der Waals surface area contributed by atoms with E-state index < -0.39 is 6.04 Å². The van der Waals surface area contributed by atoms with Crippen LogP contribution in [0.25, 0.3) is 0 Å². The molecule has 1 saturated heterocycles. The summed E-state index contributed by atoms with van der Waals surface area (Å²) >= 11 is 0. The molecule has 0 spiro atoms. The Morgan fingerprint density at radius 1 is 1.30 bits per heavy atom. The van der Waals surface area contributed by atoms with Crippen LogP contribution in [0.2, 0.25) is 0 Å². The molecule has 0 aliphatic carbocycles. The summed E-state index contributed by atoms with van der Waals surface area (Å²) in [5.74, 6) is 0.621. The van der Waals surface area contributed by atoms with Gasteiger partial charge in [0.05, 0.1) is 6.04 Å². The Bertz CT molecular complexity index is 342. The van der Waals surface area contributed by atoms with E-state index in [1.165, 1.54) is 0 Å². The van der Waals surface area contributed by atoms with E-state index in [1.54, 1.807) is 0 Å². The molecular formula is C15H29N3O2. The van der Waals surface area contributed by atoms with E-state index in [2.05, 4.69) is 5.32 Å². The second-order valence-corrected chi connectivity index (χ2v) is 6.46. The van der Waals surface area contributed by atoms with Gasteiger partial charge >= 0.3 is 0 Å². The monoisotopic (exact) mass is 283 g/mol. The summed E-state index contributed by atoms with van der Waals surface area (Å²) in [6.45, 7) is 9.84. The van der Waals surface area contributed by atoms with Crippen molar-refractivity contribution >= 4 is 11.8 Å². The van der Waals surface area contributed by atoms with Crippen LogP contribution in [0.4, 0.5) is 0 Å². The second kappa shape index (κ2) is 7.62. The molecular weight excluding hydrogens is 254 g/mol. The Labute approximate surface area is 122 Å². The fourth-order valence-corrected chi connectivity index (χ4v) is 2.38. The maximum Gasteiger partial charge on any atom is 0.239 e. The minimum Gasteiger partial charge on any atom is -0.356 e. The van der Waals surface area contributed by atoms with E-state index in [1.807, 2.05) is 32.6 Å². The molecule has 1 heterocycles. The van der Waals surface area contributed by atoms with E-state index >= 15 is 0 Å². The predicted molar refractivity (Wildman–Crippen MR) is 80.0 cm³/mol. The Kier molecular flexibility index (Phi) is 6.46. The summed E-state index contributed by atoms with van der Waals surface area (Å²) in [5.41, 5.74) is 5.94. The van der Waals surface area contributed by atoms with Gasteiger partial charge in [-0.25, -0.2) is 0 Å². The second-order valence-electron chi connectivity index (χ2n) is 6.46. The Balaban J connectivity index is 2.46. The summed E-state index contributed by atoms with van der Waals surface area (Å²) in [5, 5.41) is 2.96. The van der Waals surface area contributed by atoms with Gasteiger partial charge in [0.25, 0.3) is 0 Å². The number of nitrogens with one attached hydrogen (secondary N) is 1. The van der Waals surface area contributed by atoms with E-state index in [-0.39, 0.29) is 23.7 Å². The van der Waals surface area contributed by atoms with Gasteiger partial charge in [0.2, 0.25) is 11.8 Å². The van der Waals surface area contributed by atoms with E-state index in [0.717, 1.165) is 19.4 Å². The molecule has 2 atom stereocenters. The van der Waals surface area contributed by atoms with Crippen molar-refractivity contribution in [2.45, 2.75) is 46.6 Å². The van der Waals surface area contributed by atoms with E-state index in [4.69, 9.17) is 5.73 Å². The lowest BCUT2D eigenvalue weighted by Gasteiger charge is -2.35. The fourth-order valence-electron chi connectivity index (χ4n) is 2.38. The number of nitrogens with two attached hydrogens (primary N) is 1. The number of carbonyl (C=O) groups is 2. The lowest BCUT2D eigenvalue weighted by atomic mass is 9.95. The van der Waals surface area contributed by atoms with E-state index in [9.17, 15) is 9.59 Å². The molecule has 1 aliphatic rings. The summed E-state index contributed by atoms with van der Waals surface area (Å²) in [6, 6.07) is -0.418. The zero-order chi connectivity index (χ0) is 15.3. The maximum absolute atomic E-state index is 12.2. The highest BCUT2D eigenvalue weighted by Crippen LogP contribution is 2.17. The van der Waals surface area contributed by atoms with E-state index in [0.29, 0.717) is 19.0 Å². The SMILES string of the molecule is CC(C)C(=O)NCC1CCCN(C(=O)[C@@H](N)C(C)C)C1. The van der Waals surface area contributed by atoms with Crippen molar-refractivity contribution in [3.63, 3.8) is 0 Å². The molecule has 3 N–H and O–H groups in total. The zero-order valence-electron chi connectivity index (χ0n) is 13.2. The highest BCUT2D eigenvalue weighted by Gasteiger charge is 2.28. The largest absolute Gasteiger partial charge is 0.356 e. The summed E-state index contributed by atoms with van der Waals surface area (Å²) in [4.78, 5) is 25.7. The molecule has 5 heteroatoms. The van der Waals surface area contributed by atoms with Crippen molar-refractivity contribution in [1.29, 1.82) is 0 Å².